The van der Waals surface area contributed by atoms with E-state index in [0.29, 0.717) is 17.8 Å². The first-order valence-electron chi connectivity index (χ1n) is 28.8. The summed E-state index contributed by atoms with van der Waals surface area (Å²) in [6.45, 7) is 18.3. The van der Waals surface area contributed by atoms with Gasteiger partial charge in [-0.15, -0.1) is 4.99 Å². The molecule has 10 N–H and O–H groups in total. The van der Waals surface area contributed by atoms with Gasteiger partial charge in [-0.3, -0.25) is 4.79 Å². The Bertz CT molecular complexity index is 2110. The summed E-state index contributed by atoms with van der Waals surface area (Å²) < 4.78 is 62.8. The summed E-state index contributed by atoms with van der Waals surface area (Å²) in [5.41, 5.74) is 3.10. The van der Waals surface area contributed by atoms with Crippen LogP contribution in [0.4, 0.5) is 0 Å². The van der Waals surface area contributed by atoms with E-state index in [1.54, 1.807) is 27.7 Å². The van der Waals surface area contributed by atoms with E-state index in [9.17, 15) is 47.9 Å². The van der Waals surface area contributed by atoms with E-state index in [2.05, 4.69) is 120 Å². The fourth-order valence-corrected chi connectivity index (χ4v) is 22.3. The van der Waals surface area contributed by atoms with Gasteiger partial charge in [0.05, 0.1) is 19.8 Å². The molecule has 502 valence electrons. The van der Waals surface area contributed by atoms with Crippen molar-refractivity contribution < 1.29 is 102 Å². The van der Waals surface area contributed by atoms with Crippen LogP contribution in [0.15, 0.2) is 11.1 Å². The number of carbonyl (C=O) groups excluding carboxylic acids is 10. The molecule has 1 rings (SSSR count). The van der Waals surface area contributed by atoms with Gasteiger partial charge in [0.1, 0.15) is 0 Å². The molecule has 38 heteroatoms. The van der Waals surface area contributed by atoms with Crippen LogP contribution in [0, 0.1) is 0 Å². The number of cyclic esters (lactones) is 2. The molecule has 0 bridgehead atoms. The van der Waals surface area contributed by atoms with Crippen LogP contribution in [0.2, 0.25) is 0 Å². The number of halogens is 3. The van der Waals surface area contributed by atoms with Crippen molar-refractivity contribution in [1.29, 1.82) is 0 Å². The molecular weight excluding hydrogens is 1680 g/mol. The van der Waals surface area contributed by atoms with Crippen LogP contribution in [0.5, 0.6) is 0 Å². The molecule has 0 spiro atoms. The topological polar surface area (TPSA) is 402 Å². The van der Waals surface area contributed by atoms with Gasteiger partial charge in [0.25, 0.3) is 0 Å². The molecule has 0 aliphatic carbocycles. The molecule has 0 aromatic carbocycles. The maximum absolute atomic E-state index is 13.4. The van der Waals surface area contributed by atoms with E-state index < -0.39 is 87.7 Å². The van der Waals surface area contributed by atoms with Gasteiger partial charge < -0.3 is 24.3 Å². The molecule has 3 unspecified atom stereocenters. The fraction of sp³-hybridized carbons (Fsp3) is 0.760. The fourth-order valence-electron chi connectivity index (χ4n) is 7.10. The third kappa shape index (κ3) is 46.3. The van der Waals surface area contributed by atoms with Crippen molar-refractivity contribution in [3.63, 3.8) is 0 Å². The number of esters is 2. The molecule has 1 heterocycles. The van der Waals surface area contributed by atoms with Gasteiger partial charge in [-0.2, -0.15) is 0 Å². The third-order valence-corrected chi connectivity index (χ3v) is 28.9. The molecular formula is C50H90Ga3I3N10O22. The van der Waals surface area contributed by atoms with Crippen molar-refractivity contribution in [2.75, 3.05) is 112 Å². The summed E-state index contributed by atoms with van der Waals surface area (Å²) in [4.78, 5) is 131. The summed E-state index contributed by atoms with van der Waals surface area (Å²) in [5, 5.41) is 16.8. The van der Waals surface area contributed by atoms with Crippen LogP contribution >= 0.6 is 59.0 Å². The van der Waals surface area contributed by atoms with Gasteiger partial charge in [-0.1, -0.05) is 18.8 Å². The first kappa shape index (κ1) is 86.2. The van der Waals surface area contributed by atoms with E-state index in [4.69, 9.17) is 48.9 Å². The third-order valence-electron chi connectivity index (χ3n) is 11.1. The van der Waals surface area contributed by atoms with Crippen molar-refractivity contribution in [3.8, 4) is 0 Å². The summed E-state index contributed by atoms with van der Waals surface area (Å²) in [6, 6.07) is -1.89. The van der Waals surface area contributed by atoms with Crippen molar-refractivity contribution >= 4 is 158 Å². The largest absolute Gasteiger partial charge is 0.313 e. The molecule has 0 aromatic rings. The summed E-state index contributed by atoms with van der Waals surface area (Å²) in [6.07, 6.45) is 0.321. The van der Waals surface area contributed by atoms with E-state index in [-0.39, 0.29) is 180 Å². The van der Waals surface area contributed by atoms with Crippen molar-refractivity contribution in [3.05, 3.63) is 11.1 Å². The predicted molar refractivity (Wildman–Crippen MR) is 346 cm³/mol. The molecule has 88 heavy (non-hydrogen) atoms. The molecule has 0 radical (unpaired) electrons. The molecule has 0 aromatic heterocycles. The molecule has 0 fully saturated rings. The monoisotopic (exact) mass is 1770 g/mol. The minimum absolute atomic E-state index is 0.00557. The number of rotatable bonds is 52. The van der Waals surface area contributed by atoms with Gasteiger partial charge in [0.15, 0.2) is 0 Å². The number of ether oxygens (including phenoxy) is 7. The second-order valence-electron chi connectivity index (χ2n) is 18.5. The maximum Gasteiger partial charge on any atom is 0.0512 e. The molecule has 8 amide bonds. The van der Waals surface area contributed by atoms with E-state index in [1.807, 2.05) is 6.92 Å². The van der Waals surface area contributed by atoms with E-state index in [0.717, 1.165) is 12.8 Å². The summed E-state index contributed by atoms with van der Waals surface area (Å²) in [5.74, 6) is -3.70. The Morgan fingerprint density at radius 1 is 0.534 bits per heavy atom. The first-order valence-corrected chi connectivity index (χ1v) is 57.6. The average Bonchev–Trinajstić information content (AvgIpc) is 4.00. The molecule has 3 atom stereocenters. The average molecular weight is 1770 g/mol. The molecule has 0 saturated heterocycles. The number of nitrogens with one attached hydrogen (secondary N) is 10. The Morgan fingerprint density at radius 2 is 0.977 bits per heavy atom. The molecule has 1 aliphatic rings. The zero-order chi connectivity index (χ0) is 66.1. The zero-order valence-electron chi connectivity index (χ0n) is 51.8. The summed E-state index contributed by atoms with van der Waals surface area (Å²) >= 11 is -0.769. The van der Waals surface area contributed by atoms with Crippen LogP contribution in [0.3, 0.4) is 0 Å². The normalized spacial score (nSPS) is 13.0. The Hall–Kier alpha value is -1.78. The van der Waals surface area contributed by atoms with Gasteiger partial charge in [0.2, 0.25) is 5.91 Å². The minimum Gasteiger partial charge on any atom is -0.313 e. The van der Waals surface area contributed by atoms with Crippen LogP contribution in [0.1, 0.15) is 114 Å². The number of hydrogen-bond acceptors (Lipinski definition) is 24. The molecule has 0 saturated carbocycles. The van der Waals surface area contributed by atoms with Crippen molar-refractivity contribution in [2.24, 2.45) is 0 Å². The Kier molecular flexibility index (Phi) is 53.5. The number of carbonyl (C=O) groups is 10. The summed E-state index contributed by atoms with van der Waals surface area (Å²) in [7, 11) is 0. The number of hydroxylamine groups is 1. The SMILES string of the molecule is CCCC(C)NC(=O)CCC1=C(C)C(=O)OC1=O.CCOC(NOOCCNC(CCC(=O)NC(CCC(=O)NCCOCC[O][Ga]([I])[NH]C(C)=O)C(=O)NCCOCC[O][Ga]([I])[NH]C(C)=O)C(=O)NCCOCC[O][Ga]([I])[NH]C(C)=O)(OCC)OCC. The second-order valence-corrected chi connectivity index (χ2v) is 44.1. The molecule has 1 aliphatic heterocycles. The van der Waals surface area contributed by atoms with Crippen LogP contribution < -0.4 is 49.5 Å². The smallest absolute Gasteiger partial charge is 0.0512 e. The van der Waals surface area contributed by atoms with Crippen LogP contribution in [0.25, 0.3) is 0 Å². The van der Waals surface area contributed by atoms with Gasteiger partial charge >= 0.3 is 406 Å². The Morgan fingerprint density at radius 3 is 1.42 bits per heavy atom. The predicted octanol–water partition coefficient (Wildman–Crippen LogP) is -0.249. The van der Waals surface area contributed by atoms with Crippen LogP contribution in [-0.2, 0) is 102 Å². The van der Waals surface area contributed by atoms with Gasteiger partial charge in [-0.05, 0) is 47.5 Å². The van der Waals surface area contributed by atoms with Crippen LogP contribution in [-0.4, -0.2) is 235 Å². The quantitative estimate of drug-likeness (QED) is 0.00549. The minimum atomic E-state index is -2.38. The van der Waals surface area contributed by atoms with E-state index >= 15 is 0 Å². The van der Waals surface area contributed by atoms with Crippen molar-refractivity contribution in [2.45, 2.75) is 138 Å². The second kappa shape index (κ2) is 54.6. The number of amides is 8. The Labute approximate surface area is 564 Å². The van der Waals surface area contributed by atoms with E-state index in [1.165, 1.54) is 20.8 Å². The number of hydrogen-bond donors (Lipinski definition) is 10. The van der Waals surface area contributed by atoms with Crippen molar-refractivity contribution in [1.82, 2.24) is 49.5 Å². The van der Waals surface area contributed by atoms with Gasteiger partial charge in [0, 0.05) is 23.6 Å². The zero-order valence-corrected chi connectivity index (χ0v) is 65.5. The maximum atomic E-state index is 13.4. The molecule has 32 nitrogen and oxygen atoms in total. The Balaban J connectivity index is 0.00000356. The standard InChI is InChI=1S/C31H59N6O15.C13H19NO4.3C2H5NO.3Ga.3HI/c1-4-48-31(49-5-2,50-6-3)37-52-51-21-14-32-25(29(43)34-12-19-46-23-16-39)7-10-28(42)36-26(30(44)35-13-20-47-24-17-40)8-9-27(41)33-11-18-45-22-15-38;1-4-5-8(2)14-11(15)7-6-10-9(3)12(16)18-13(10)17;3*1-2(3)4;;;;;;/h25-26,32,37H,4-24H2,1-3H3,(H,33,41)(H,34,43)(H,35,44)(H,36,42);8H,4-7H2,1-3H3,(H,14,15);3*1H3,(H2,3,4);;;;3*1H/q-3;;;;;3*+3;;;/p-6. The first-order chi connectivity index (χ1) is 41.9. The van der Waals surface area contributed by atoms with Gasteiger partial charge in [-0.25, -0.2) is 14.5 Å².